The van der Waals surface area contributed by atoms with E-state index in [1.165, 1.54) is 12.1 Å². The van der Waals surface area contributed by atoms with E-state index < -0.39 is 0 Å². The molecule has 196 valence electrons. The summed E-state index contributed by atoms with van der Waals surface area (Å²) in [5.41, 5.74) is 1.68. The lowest BCUT2D eigenvalue weighted by Crippen LogP contribution is -2.07. The standard InChI is InChI=1S/2C14H17FO3/c2*1-3-17-13-6-5-9(7-12(13)15)10-8-11(10)14(16)18-4-2/h2*5-7,10-11H,3-4,8H2,1-2H3/t2*10-,11+/m10/s1. The Morgan fingerprint density at radius 1 is 0.694 bits per heavy atom. The van der Waals surface area contributed by atoms with E-state index in [-0.39, 0.29) is 58.7 Å². The Balaban J connectivity index is 0.000000201. The zero-order valence-corrected chi connectivity index (χ0v) is 21.2. The molecule has 2 aliphatic carbocycles. The first-order valence-electron chi connectivity index (χ1n) is 12.5. The molecule has 6 nitrogen and oxygen atoms in total. The van der Waals surface area contributed by atoms with E-state index in [9.17, 15) is 18.4 Å². The lowest BCUT2D eigenvalue weighted by molar-refractivity contribution is -0.145. The number of ether oxygens (including phenoxy) is 4. The molecule has 2 aromatic carbocycles. The number of benzene rings is 2. The smallest absolute Gasteiger partial charge is 0.309 e. The maximum Gasteiger partial charge on any atom is 0.309 e. The van der Waals surface area contributed by atoms with Crippen LogP contribution in [0.5, 0.6) is 11.5 Å². The number of esters is 2. The van der Waals surface area contributed by atoms with E-state index in [2.05, 4.69) is 0 Å². The second-order valence-corrected chi connectivity index (χ2v) is 8.65. The Hall–Kier alpha value is -3.16. The van der Waals surface area contributed by atoms with Crippen LogP contribution in [0, 0.1) is 23.5 Å². The van der Waals surface area contributed by atoms with Crippen molar-refractivity contribution in [2.24, 2.45) is 11.8 Å². The Bertz CT molecular complexity index is 973. The number of rotatable bonds is 10. The van der Waals surface area contributed by atoms with Gasteiger partial charge in [0.25, 0.3) is 0 Å². The van der Waals surface area contributed by atoms with Gasteiger partial charge in [0.05, 0.1) is 38.3 Å². The third-order valence-corrected chi connectivity index (χ3v) is 6.13. The fourth-order valence-electron chi connectivity index (χ4n) is 4.19. The number of hydrogen-bond acceptors (Lipinski definition) is 6. The Morgan fingerprint density at radius 2 is 1.08 bits per heavy atom. The van der Waals surface area contributed by atoms with Crippen molar-refractivity contribution in [3.05, 3.63) is 59.2 Å². The van der Waals surface area contributed by atoms with E-state index in [1.54, 1.807) is 26.0 Å². The molecule has 4 rings (SSSR count). The van der Waals surface area contributed by atoms with Gasteiger partial charge in [-0.3, -0.25) is 9.59 Å². The van der Waals surface area contributed by atoms with Crippen molar-refractivity contribution in [3.8, 4) is 11.5 Å². The molecule has 0 saturated heterocycles. The van der Waals surface area contributed by atoms with Crippen LogP contribution < -0.4 is 9.47 Å². The molecule has 0 radical (unpaired) electrons. The fraction of sp³-hybridized carbons (Fsp3) is 0.500. The predicted octanol–water partition coefficient (Wildman–Crippen LogP) is 5.78. The van der Waals surface area contributed by atoms with E-state index in [1.807, 2.05) is 26.0 Å². The zero-order chi connectivity index (χ0) is 26.2. The van der Waals surface area contributed by atoms with Gasteiger partial charge in [-0.1, -0.05) is 12.1 Å². The molecule has 0 unspecified atom stereocenters. The molecule has 36 heavy (non-hydrogen) atoms. The number of carbonyl (C=O) groups is 2. The second-order valence-electron chi connectivity index (χ2n) is 8.65. The van der Waals surface area contributed by atoms with Crippen molar-refractivity contribution in [2.75, 3.05) is 26.4 Å². The van der Waals surface area contributed by atoms with Crippen LogP contribution in [0.4, 0.5) is 8.78 Å². The average molecular weight is 505 g/mol. The first-order valence-corrected chi connectivity index (χ1v) is 12.5. The Morgan fingerprint density at radius 3 is 1.39 bits per heavy atom. The monoisotopic (exact) mass is 504 g/mol. The first kappa shape index (κ1) is 27.4. The maximum absolute atomic E-state index is 13.7. The van der Waals surface area contributed by atoms with Gasteiger partial charge in [-0.25, -0.2) is 8.78 Å². The summed E-state index contributed by atoms with van der Waals surface area (Å²) >= 11 is 0. The minimum absolute atomic E-state index is 0.0919. The molecular formula is C28H34F2O6. The summed E-state index contributed by atoms with van der Waals surface area (Å²) in [5.74, 6) is -0.626. The van der Waals surface area contributed by atoms with Gasteiger partial charge in [0, 0.05) is 0 Å². The molecule has 0 aromatic heterocycles. The second kappa shape index (κ2) is 12.7. The van der Waals surface area contributed by atoms with Gasteiger partial charge in [0.1, 0.15) is 0 Å². The molecule has 0 N–H and O–H groups in total. The third kappa shape index (κ3) is 6.95. The highest BCUT2D eigenvalue weighted by atomic mass is 19.1. The molecule has 2 saturated carbocycles. The lowest BCUT2D eigenvalue weighted by Gasteiger charge is -2.06. The summed E-state index contributed by atoms with van der Waals surface area (Å²) in [7, 11) is 0. The summed E-state index contributed by atoms with van der Waals surface area (Å²) in [6.07, 6.45) is 1.48. The van der Waals surface area contributed by atoms with Crippen LogP contribution in [0.25, 0.3) is 0 Å². The number of carbonyl (C=O) groups excluding carboxylic acids is 2. The third-order valence-electron chi connectivity index (χ3n) is 6.13. The zero-order valence-electron chi connectivity index (χ0n) is 21.2. The van der Waals surface area contributed by atoms with E-state index in [0.29, 0.717) is 26.4 Å². The van der Waals surface area contributed by atoms with E-state index in [0.717, 1.165) is 24.0 Å². The van der Waals surface area contributed by atoms with Crippen LogP contribution >= 0.6 is 0 Å². The molecule has 0 amide bonds. The van der Waals surface area contributed by atoms with Crippen molar-refractivity contribution in [3.63, 3.8) is 0 Å². The highest BCUT2D eigenvalue weighted by molar-refractivity contribution is 5.78. The van der Waals surface area contributed by atoms with Gasteiger partial charge < -0.3 is 18.9 Å². The minimum atomic E-state index is -0.371. The molecule has 0 aliphatic heterocycles. The van der Waals surface area contributed by atoms with Gasteiger partial charge in [0.15, 0.2) is 23.1 Å². The van der Waals surface area contributed by atoms with Gasteiger partial charge in [0.2, 0.25) is 0 Å². The normalized spacial score (nSPS) is 21.5. The minimum Gasteiger partial charge on any atom is -0.491 e. The molecule has 4 atom stereocenters. The van der Waals surface area contributed by atoms with Crippen LogP contribution in [-0.2, 0) is 19.1 Å². The molecule has 2 aromatic rings. The van der Waals surface area contributed by atoms with Crippen molar-refractivity contribution < 1.29 is 37.3 Å². The summed E-state index contributed by atoms with van der Waals surface area (Å²) in [4.78, 5) is 23.0. The SMILES string of the molecule is CCOC(=O)[C@@H]1C[C@H]1c1ccc(OCC)c(F)c1.CCOC(=O)[C@H]1C[C@@H]1c1ccc(OCC)c(F)c1. The highest BCUT2D eigenvalue weighted by Crippen LogP contribution is 2.49. The molecule has 2 aliphatic rings. The molecule has 8 heteroatoms. The van der Waals surface area contributed by atoms with Crippen molar-refractivity contribution in [2.45, 2.75) is 52.4 Å². The van der Waals surface area contributed by atoms with E-state index in [4.69, 9.17) is 18.9 Å². The predicted molar refractivity (Wildman–Crippen MR) is 130 cm³/mol. The number of hydrogen-bond donors (Lipinski definition) is 0. The lowest BCUT2D eigenvalue weighted by atomic mass is 10.1. The van der Waals surface area contributed by atoms with Crippen LogP contribution in [0.3, 0.4) is 0 Å². The first-order chi connectivity index (χ1) is 17.3. The summed E-state index contributed by atoms with van der Waals surface area (Å²) < 4.78 is 47.5. The average Bonchev–Trinajstić information content (AvgIpc) is 3.76. The summed E-state index contributed by atoms with van der Waals surface area (Å²) in [6, 6.07) is 9.78. The van der Waals surface area contributed by atoms with Crippen molar-refractivity contribution >= 4 is 11.9 Å². The molecule has 0 spiro atoms. The largest absolute Gasteiger partial charge is 0.491 e. The van der Waals surface area contributed by atoms with Gasteiger partial charge in [-0.05, 0) is 87.8 Å². The summed E-state index contributed by atoms with van der Waals surface area (Å²) in [5, 5.41) is 0. The van der Waals surface area contributed by atoms with Crippen LogP contribution in [0.15, 0.2) is 36.4 Å². The topological polar surface area (TPSA) is 71.1 Å². The molecular weight excluding hydrogens is 470 g/mol. The van der Waals surface area contributed by atoms with Crippen LogP contribution in [0.2, 0.25) is 0 Å². The Kier molecular flexibility index (Phi) is 9.67. The number of halogens is 2. The summed E-state index contributed by atoms with van der Waals surface area (Å²) in [6.45, 7) is 8.84. The molecule has 2 fully saturated rings. The fourth-order valence-corrected chi connectivity index (χ4v) is 4.19. The molecule has 0 heterocycles. The Labute approximate surface area is 210 Å². The highest BCUT2D eigenvalue weighted by Gasteiger charge is 2.46. The van der Waals surface area contributed by atoms with Crippen LogP contribution in [-0.4, -0.2) is 38.4 Å². The van der Waals surface area contributed by atoms with Crippen molar-refractivity contribution in [1.82, 2.24) is 0 Å². The maximum atomic E-state index is 13.7. The van der Waals surface area contributed by atoms with Crippen molar-refractivity contribution in [1.29, 1.82) is 0 Å². The van der Waals surface area contributed by atoms with Gasteiger partial charge in [-0.15, -0.1) is 0 Å². The van der Waals surface area contributed by atoms with E-state index >= 15 is 0 Å². The van der Waals surface area contributed by atoms with Gasteiger partial charge >= 0.3 is 11.9 Å². The van der Waals surface area contributed by atoms with Gasteiger partial charge in [-0.2, -0.15) is 0 Å². The quantitative estimate of drug-likeness (QED) is 0.382. The van der Waals surface area contributed by atoms with Crippen LogP contribution in [0.1, 0.15) is 63.5 Å². The molecule has 0 bridgehead atoms.